The maximum absolute atomic E-state index is 13.2. The summed E-state index contributed by atoms with van der Waals surface area (Å²) in [6, 6.07) is 14.4. The molecule has 6 nitrogen and oxygen atoms in total. The molecule has 0 atom stereocenters. The number of amides is 1. The molecule has 3 aromatic rings. The lowest BCUT2D eigenvalue weighted by Gasteiger charge is -2.14. The highest BCUT2D eigenvalue weighted by molar-refractivity contribution is 7.86. The Morgan fingerprint density at radius 1 is 1.03 bits per heavy atom. The van der Waals surface area contributed by atoms with Crippen molar-refractivity contribution in [3.05, 3.63) is 88.4 Å². The number of alkyl halides is 3. The highest BCUT2D eigenvalue weighted by Crippen LogP contribution is 2.36. The highest BCUT2D eigenvalue weighted by atomic mass is 35.5. The van der Waals surface area contributed by atoms with Crippen molar-refractivity contribution in [2.75, 3.05) is 0 Å². The van der Waals surface area contributed by atoms with Gasteiger partial charge in [0.05, 0.1) is 18.2 Å². The number of hydrazone groups is 1. The van der Waals surface area contributed by atoms with Gasteiger partial charge in [-0.15, -0.1) is 0 Å². The van der Waals surface area contributed by atoms with Crippen molar-refractivity contribution in [2.24, 2.45) is 5.10 Å². The second-order valence-corrected chi connectivity index (χ2v) is 8.70. The minimum Gasteiger partial charge on any atom is -0.282 e. The van der Waals surface area contributed by atoms with E-state index in [4.69, 9.17) is 11.6 Å². The Hall–Kier alpha value is -3.21. The van der Waals surface area contributed by atoms with Gasteiger partial charge in [-0.2, -0.15) is 26.7 Å². The number of carbonyl (C=O) groups excluding carboxylic acids is 1. The van der Waals surface area contributed by atoms with Crippen LogP contribution in [0.1, 0.15) is 16.7 Å². The van der Waals surface area contributed by atoms with Crippen LogP contribution >= 0.6 is 11.6 Å². The largest absolute Gasteiger partial charge is 0.416 e. The molecule has 3 aromatic carbocycles. The van der Waals surface area contributed by atoms with Gasteiger partial charge in [0, 0.05) is 16.1 Å². The quantitative estimate of drug-likeness (QED) is 0.286. The maximum Gasteiger partial charge on any atom is 0.416 e. The van der Waals surface area contributed by atoms with Crippen molar-refractivity contribution in [2.45, 2.75) is 17.5 Å². The van der Waals surface area contributed by atoms with Gasteiger partial charge in [0.1, 0.15) is 4.90 Å². The van der Waals surface area contributed by atoms with Gasteiger partial charge in [-0.05, 0) is 41.5 Å². The molecule has 0 fully saturated rings. The first-order chi connectivity index (χ1) is 15.4. The van der Waals surface area contributed by atoms with Crippen molar-refractivity contribution < 1.29 is 30.9 Å². The molecule has 2 N–H and O–H groups in total. The summed E-state index contributed by atoms with van der Waals surface area (Å²) in [5.41, 5.74) is 1.77. The average molecular weight is 497 g/mol. The molecule has 0 aliphatic carbocycles. The van der Waals surface area contributed by atoms with E-state index in [0.29, 0.717) is 28.8 Å². The van der Waals surface area contributed by atoms with Crippen LogP contribution in [-0.2, 0) is 27.5 Å². The predicted molar refractivity (Wildman–Crippen MR) is 118 cm³/mol. The summed E-state index contributed by atoms with van der Waals surface area (Å²) >= 11 is 5.88. The van der Waals surface area contributed by atoms with Crippen LogP contribution in [0.15, 0.2) is 76.7 Å². The second-order valence-electron chi connectivity index (χ2n) is 6.87. The van der Waals surface area contributed by atoms with E-state index in [0.717, 1.165) is 0 Å². The number of nitrogens with one attached hydrogen (secondary N) is 1. The van der Waals surface area contributed by atoms with Crippen LogP contribution in [-0.4, -0.2) is 25.1 Å². The Balaban J connectivity index is 1.92. The van der Waals surface area contributed by atoms with E-state index >= 15 is 0 Å². The van der Waals surface area contributed by atoms with Gasteiger partial charge >= 0.3 is 6.18 Å². The summed E-state index contributed by atoms with van der Waals surface area (Å²) in [7, 11) is -4.83. The van der Waals surface area contributed by atoms with Gasteiger partial charge in [0.25, 0.3) is 10.1 Å². The van der Waals surface area contributed by atoms with Gasteiger partial charge in [-0.1, -0.05) is 48.0 Å². The van der Waals surface area contributed by atoms with Crippen molar-refractivity contribution in [3.8, 4) is 11.1 Å². The normalized spacial score (nSPS) is 12.2. The van der Waals surface area contributed by atoms with E-state index < -0.39 is 32.7 Å². The van der Waals surface area contributed by atoms with Gasteiger partial charge in [-0.25, -0.2) is 5.43 Å². The molecule has 0 bridgehead atoms. The van der Waals surface area contributed by atoms with Crippen LogP contribution in [0, 0.1) is 0 Å². The second kappa shape index (κ2) is 9.74. The first-order valence-electron chi connectivity index (χ1n) is 9.29. The number of halogens is 4. The van der Waals surface area contributed by atoms with E-state index in [1.807, 2.05) is 0 Å². The zero-order valence-electron chi connectivity index (χ0n) is 16.7. The molecule has 11 heteroatoms. The van der Waals surface area contributed by atoms with Gasteiger partial charge in [0.15, 0.2) is 0 Å². The molecule has 0 radical (unpaired) electrons. The first kappa shape index (κ1) is 24.4. The van der Waals surface area contributed by atoms with E-state index in [9.17, 15) is 30.9 Å². The molecule has 0 unspecified atom stereocenters. The molecule has 0 aliphatic rings. The third-order valence-electron chi connectivity index (χ3n) is 4.48. The predicted octanol–water partition coefficient (Wildman–Crippen LogP) is 4.97. The molecule has 0 aliphatic heterocycles. The Morgan fingerprint density at radius 2 is 1.76 bits per heavy atom. The zero-order chi connectivity index (χ0) is 24.2. The van der Waals surface area contributed by atoms with Gasteiger partial charge in [0.2, 0.25) is 5.91 Å². The summed E-state index contributed by atoms with van der Waals surface area (Å²) < 4.78 is 72.7. The lowest BCUT2D eigenvalue weighted by Crippen LogP contribution is -2.19. The third kappa shape index (κ3) is 6.41. The summed E-state index contributed by atoms with van der Waals surface area (Å²) in [4.78, 5) is 11.4. The molecule has 172 valence electrons. The molecular formula is C22H16ClF3N2O4S. The summed E-state index contributed by atoms with van der Waals surface area (Å²) in [5, 5.41) is 4.28. The Morgan fingerprint density at radius 3 is 2.42 bits per heavy atom. The van der Waals surface area contributed by atoms with E-state index in [-0.39, 0.29) is 23.1 Å². The smallest absolute Gasteiger partial charge is 0.282 e. The number of hydrogen-bond acceptors (Lipinski definition) is 4. The minimum atomic E-state index is -4.83. The average Bonchev–Trinajstić information content (AvgIpc) is 2.72. The standard InChI is InChI=1S/C22H16ClF3N2O4S/c23-17-6-3-4-14(10-17)11-21(29)28-27-13-15-5-1-2-7-18(15)19-12-16(22(24,25)26)8-9-20(19)33(30,31)32/h1-10,12-13H,11H2,(H,28,29)(H,30,31,32)/b27-13+. The number of carbonyl (C=O) groups is 1. The third-order valence-corrected chi connectivity index (χ3v) is 5.63. The lowest BCUT2D eigenvalue weighted by molar-refractivity contribution is -0.137. The molecule has 0 heterocycles. The number of nitrogens with zero attached hydrogens (tertiary/aromatic N) is 1. The monoisotopic (exact) mass is 496 g/mol. The summed E-state index contributed by atoms with van der Waals surface area (Å²) in [6.07, 6.45) is -3.58. The highest BCUT2D eigenvalue weighted by Gasteiger charge is 2.32. The van der Waals surface area contributed by atoms with Crippen LogP contribution in [0.5, 0.6) is 0 Å². The molecule has 1 amide bonds. The first-order valence-corrected chi connectivity index (χ1v) is 11.1. The van der Waals surface area contributed by atoms with Crippen molar-refractivity contribution in [3.63, 3.8) is 0 Å². The fourth-order valence-corrected chi connectivity index (χ4v) is 3.94. The minimum absolute atomic E-state index is 0.0138. The number of hydrogen-bond donors (Lipinski definition) is 2. The van der Waals surface area contributed by atoms with E-state index in [2.05, 4.69) is 10.5 Å². The van der Waals surface area contributed by atoms with Crippen LogP contribution in [0.25, 0.3) is 11.1 Å². The SMILES string of the molecule is O=C(Cc1cccc(Cl)c1)N/N=C/c1ccccc1-c1cc(C(F)(F)F)ccc1S(=O)(=O)O. The van der Waals surface area contributed by atoms with Gasteiger partial charge in [-0.3, -0.25) is 9.35 Å². The zero-order valence-corrected chi connectivity index (χ0v) is 18.2. The van der Waals surface area contributed by atoms with Crippen LogP contribution in [0.4, 0.5) is 13.2 Å². The fraction of sp³-hybridized carbons (Fsp3) is 0.0909. The van der Waals surface area contributed by atoms with Gasteiger partial charge < -0.3 is 0 Å². The number of benzene rings is 3. The van der Waals surface area contributed by atoms with E-state index in [1.54, 1.807) is 30.3 Å². The Kier molecular flexibility index (Phi) is 7.21. The maximum atomic E-state index is 13.2. The van der Waals surface area contributed by atoms with Crippen molar-refractivity contribution >= 4 is 33.8 Å². The Labute approximate surface area is 192 Å². The molecule has 0 saturated carbocycles. The lowest BCUT2D eigenvalue weighted by atomic mass is 9.98. The van der Waals surface area contributed by atoms with Crippen molar-refractivity contribution in [1.29, 1.82) is 0 Å². The molecular weight excluding hydrogens is 481 g/mol. The molecule has 3 rings (SSSR count). The summed E-state index contributed by atoms with van der Waals surface area (Å²) in [5.74, 6) is -0.469. The van der Waals surface area contributed by atoms with Crippen LogP contribution in [0.3, 0.4) is 0 Å². The molecule has 0 saturated heterocycles. The van der Waals surface area contributed by atoms with Crippen LogP contribution in [0.2, 0.25) is 5.02 Å². The number of rotatable bonds is 6. The molecule has 0 aromatic heterocycles. The van der Waals surface area contributed by atoms with E-state index in [1.165, 1.54) is 24.4 Å². The van der Waals surface area contributed by atoms with Crippen LogP contribution < -0.4 is 5.43 Å². The Bertz CT molecular complexity index is 1330. The molecule has 33 heavy (non-hydrogen) atoms. The molecule has 0 spiro atoms. The van der Waals surface area contributed by atoms with Crippen molar-refractivity contribution in [1.82, 2.24) is 5.43 Å². The fourth-order valence-electron chi connectivity index (χ4n) is 3.04. The topological polar surface area (TPSA) is 95.8 Å². The summed E-state index contributed by atoms with van der Waals surface area (Å²) in [6.45, 7) is 0.